The summed E-state index contributed by atoms with van der Waals surface area (Å²) in [5.41, 5.74) is 1.05. The Balaban J connectivity index is 2.07. The number of halogens is 1. The average molecular weight is 327 g/mol. The van der Waals surface area contributed by atoms with Gasteiger partial charge in [0.2, 0.25) is 0 Å². The molecule has 3 rings (SSSR count). The van der Waals surface area contributed by atoms with Gasteiger partial charge in [0, 0.05) is 19.1 Å². The maximum Gasteiger partial charge on any atom is 0.270 e. The molecule has 0 amide bonds. The molecule has 0 radical (unpaired) electrons. The Bertz CT molecular complexity index is 694. The first-order chi connectivity index (χ1) is 10.2. The van der Waals surface area contributed by atoms with Crippen molar-refractivity contribution in [1.29, 1.82) is 0 Å². The summed E-state index contributed by atoms with van der Waals surface area (Å²) in [4.78, 5) is 20.3. The number of aromatic amines is 2. The first-order valence-electron chi connectivity index (χ1n) is 6.66. The van der Waals surface area contributed by atoms with E-state index in [0.29, 0.717) is 30.4 Å². The molecule has 2 aromatic rings. The molecule has 0 atom stereocenters. The summed E-state index contributed by atoms with van der Waals surface area (Å²) in [5.74, 6) is 0.640. The highest BCUT2D eigenvalue weighted by atomic mass is 35.5. The molecule has 8 heteroatoms. The van der Waals surface area contributed by atoms with Crippen LogP contribution in [0.2, 0.25) is 5.02 Å². The number of nitrogens with one attached hydrogen (secondary N) is 2. The zero-order valence-electron chi connectivity index (χ0n) is 11.5. The van der Waals surface area contributed by atoms with Crippen molar-refractivity contribution in [3.63, 3.8) is 0 Å². The topological polar surface area (TPSA) is 83.7 Å². The molecule has 0 spiro atoms. The molecule has 1 aliphatic heterocycles. The third-order valence-electron chi connectivity index (χ3n) is 3.56. The van der Waals surface area contributed by atoms with Crippen molar-refractivity contribution in [2.75, 3.05) is 19.5 Å². The second kappa shape index (κ2) is 6.21. The van der Waals surface area contributed by atoms with E-state index >= 15 is 0 Å². The van der Waals surface area contributed by atoms with E-state index in [1.165, 1.54) is 11.8 Å². The normalized spacial score (nSPS) is 16.3. The number of hydrogen-bond acceptors (Lipinski definition) is 5. The zero-order valence-corrected chi connectivity index (χ0v) is 13.1. The summed E-state index contributed by atoms with van der Waals surface area (Å²) < 4.78 is 5.35. The molecule has 0 aromatic carbocycles. The van der Waals surface area contributed by atoms with Crippen LogP contribution in [0.5, 0.6) is 0 Å². The van der Waals surface area contributed by atoms with Gasteiger partial charge in [-0.3, -0.25) is 9.89 Å². The van der Waals surface area contributed by atoms with Crippen LogP contribution in [0.4, 0.5) is 0 Å². The second-order valence-electron chi connectivity index (χ2n) is 4.81. The highest BCUT2D eigenvalue weighted by molar-refractivity contribution is 7.98. The van der Waals surface area contributed by atoms with Gasteiger partial charge in [-0.15, -0.1) is 11.8 Å². The van der Waals surface area contributed by atoms with Crippen molar-refractivity contribution >= 4 is 23.4 Å². The summed E-state index contributed by atoms with van der Waals surface area (Å²) in [5, 5.41) is 7.06. The Morgan fingerprint density at radius 1 is 1.43 bits per heavy atom. The number of rotatable bonds is 3. The third-order valence-corrected chi connectivity index (χ3v) is 4.67. The summed E-state index contributed by atoms with van der Waals surface area (Å²) in [6.07, 6.45) is 5.31. The van der Waals surface area contributed by atoms with Gasteiger partial charge in [0.1, 0.15) is 10.7 Å². The first-order valence-corrected chi connectivity index (χ1v) is 8.26. The van der Waals surface area contributed by atoms with Crippen LogP contribution in [0.1, 0.15) is 24.5 Å². The second-order valence-corrected chi connectivity index (χ2v) is 6.04. The fraction of sp³-hybridized carbons (Fsp3) is 0.462. The Morgan fingerprint density at radius 2 is 2.19 bits per heavy atom. The SMILES string of the molecule is CSc1cn[nH]c1-c1nc(C2CCOCC2)c(Cl)c(=O)[nH]1. The van der Waals surface area contributed by atoms with Crippen LogP contribution in [-0.4, -0.2) is 39.6 Å². The predicted octanol–water partition coefficient (Wildman–Crippen LogP) is 2.43. The summed E-state index contributed by atoms with van der Waals surface area (Å²) in [6, 6.07) is 0. The van der Waals surface area contributed by atoms with Crippen LogP contribution >= 0.6 is 23.4 Å². The van der Waals surface area contributed by atoms with Crippen LogP contribution in [0.25, 0.3) is 11.5 Å². The summed E-state index contributed by atoms with van der Waals surface area (Å²) in [7, 11) is 0. The van der Waals surface area contributed by atoms with E-state index in [4.69, 9.17) is 16.3 Å². The maximum absolute atomic E-state index is 12.1. The highest BCUT2D eigenvalue weighted by Crippen LogP contribution is 2.31. The molecule has 2 N–H and O–H groups in total. The quantitative estimate of drug-likeness (QED) is 0.846. The fourth-order valence-electron chi connectivity index (χ4n) is 2.44. The largest absolute Gasteiger partial charge is 0.381 e. The van der Waals surface area contributed by atoms with Gasteiger partial charge in [0.15, 0.2) is 5.82 Å². The molecule has 3 heterocycles. The van der Waals surface area contributed by atoms with Gasteiger partial charge in [-0.1, -0.05) is 11.6 Å². The molecule has 21 heavy (non-hydrogen) atoms. The van der Waals surface area contributed by atoms with Crippen LogP contribution in [0, 0.1) is 0 Å². The summed E-state index contributed by atoms with van der Waals surface area (Å²) >= 11 is 7.70. The molecule has 6 nitrogen and oxygen atoms in total. The zero-order chi connectivity index (χ0) is 14.8. The molecular weight excluding hydrogens is 312 g/mol. The molecular formula is C13H15ClN4O2S. The fourth-order valence-corrected chi connectivity index (χ4v) is 3.18. The van der Waals surface area contributed by atoms with Crippen molar-refractivity contribution in [1.82, 2.24) is 20.2 Å². The number of thioether (sulfide) groups is 1. The van der Waals surface area contributed by atoms with Crippen molar-refractivity contribution < 1.29 is 4.74 Å². The van der Waals surface area contributed by atoms with Gasteiger partial charge in [0.05, 0.1) is 16.8 Å². The molecule has 112 valence electrons. The van der Waals surface area contributed by atoms with Crippen LogP contribution in [0.15, 0.2) is 15.9 Å². The van der Waals surface area contributed by atoms with Gasteiger partial charge >= 0.3 is 0 Å². The summed E-state index contributed by atoms with van der Waals surface area (Å²) in [6.45, 7) is 1.34. The van der Waals surface area contributed by atoms with E-state index in [0.717, 1.165) is 17.7 Å². The average Bonchev–Trinajstić information content (AvgIpc) is 2.99. The Hall–Kier alpha value is -1.31. The van der Waals surface area contributed by atoms with Crippen LogP contribution in [-0.2, 0) is 4.74 Å². The molecule has 0 unspecified atom stereocenters. The third kappa shape index (κ3) is 2.86. The van der Waals surface area contributed by atoms with Gasteiger partial charge in [-0.25, -0.2) is 4.98 Å². The number of hydrogen-bond donors (Lipinski definition) is 2. The minimum Gasteiger partial charge on any atom is -0.381 e. The minimum absolute atomic E-state index is 0.160. The van der Waals surface area contributed by atoms with Crippen molar-refractivity contribution in [3.05, 3.63) is 27.3 Å². The lowest BCUT2D eigenvalue weighted by molar-refractivity contribution is 0.0845. The van der Waals surface area contributed by atoms with Crippen LogP contribution < -0.4 is 5.56 Å². The Labute approximate surface area is 130 Å². The lowest BCUT2D eigenvalue weighted by atomic mass is 9.96. The first kappa shape index (κ1) is 14.6. The molecule has 1 fully saturated rings. The maximum atomic E-state index is 12.1. The molecule has 0 aliphatic carbocycles. The Kier molecular flexibility index (Phi) is 4.32. The van der Waals surface area contributed by atoms with Crippen molar-refractivity contribution in [2.45, 2.75) is 23.7 Å². The van der Waals surface area contributed by atoms with Gasteiger partial charge in [-0.05, 0) is 19.1 Å². The molecule has 1 aliphatic rings. The number of nitrogens with zero attached hydrogens (tertiary/aromatic N) is 2. The van der Waals surface area contributed by atoms with E-state index < -0.39 is 0 Å². The van der Waals surface area contributed by atoms with Crippen molar-refractivity contribution in [3.8, 4) is 11.5 Å². The standard InChI is InChI=1S/C13H15ClN4O2S/c1-21-8-6-15-18-11(8)12-16-10(9(14)13(19)17-12)7-2-4-20-5-3-7/h6-7H,2-5H2,1H3,(H,15,18)(H,16,17,19). The van der Waals surface area contributed by atoms with Gasteiger partial charge in [0.25, 0.3) is 5.56 Å². The lowest BCUT2D eigenvalue weighted by Gasteiger charge is -2.22. The smallest absolute Gasteiger partial charge is 0.270 e. The van der Waals surface area contributed by atoms with Crippen LogP contribution in [0.3, 0.4) is 0 Å². The van der Waals surface area contributed by atoms with E-state index in [1.54, 1.807) is 6.20 Å². The van der Waals surface area contributed by atoms with E-state index in [-0.39, 0.29) is 16.5 Å². The van der Waals surface area contributed by atoms with E-state index in [9.17, 15) is 4.79 Å². The lowest BCUT2D eigenvalue weighted by Crippen LogP contribution is -2.20. The molecule has 0 bridgehead atoms. The van der Waals surface area contributed by atoms with Gasteiger partial charge in [-0.2, -0.15) is 5.10 Å². The van der Waals surface area contributed by atoms with Gasteiger partial charge < -0.3 is 9.72 Å². The molecule has 1 saturated heterocycles. The van der Waals surface area contributed by atoms with E-state index in [1.807, 2.05) is 6.26 Å². The predicted molar refractivity (Wildman–Crippen MR) is 82.0 cm³/mol. The molecule has 2 aromatic heterocycles. The van der Waals surface area contributed by atoms with E-state index in [2.05, 4.69) is 20.2 Å². The highest BCUT2D eigenvalue weighted by Gasteiger charge is 2.23. The minimum atomic E-state index is -0.315. The number of H-pyrrole nitrogens is 2. The Morgan fingerprint density at radius 3 is 2.90 bits per heavy atom. The van der Waals surface area contributed by atoms with Crippen molar-refractivity contribution in [2.24, 2.45) is 0 Å². The number of ether oxygens (including phenoxy) is 1. The monoisotopic (exact) mass is 326 g/mol. The molecule has 0 saturated carbocycles. The number of aromatic nitrogens is 4.